The van der Waals surface area contributed by atoms with E-state index in [-0.39, 0.29) is 12.6 Å². The van der Waals surface area contributed by atoms with E-state index in [1.807, 2.05) is 19.1 Å². The summed E-state index contributed by atoms with van der Waals surface area (Å²) in [6.07, 6.45) is 3.19. The largest absolute Gasteiger partial charge is 0.394 e. The van der Waals surface area contributed by atoms with Gasteiger partial charge < -0.3 is 20.6 Å². The van der Waals surface area contributed by atoms with Crippen LogP contribution >= 0.6 is 0 Å². The smallest absolute Gasteiger partial charge is 0.321 e. The normalized spacial score (nSPS) is 16.3. The number of carbonyl (C=O) groups is 2. The van der Waals surface area contributed by atoms with Crippen LogP contribution in [0.1, 0.15) is 17.2 Å². The number of anilines is 1. The lowest BCUT2D eigenvalue weighted by Crippen LogP contribution is -2.44. The quantitative estimate of drug-likeness (QED) is 0.588. The van der Waals surface area contributed by atoms with Crippen molar-refractivity contribution in [2.45, 2.75) is 19.5 Å². The molecule has 1 aromatic heterocycles. The van der Waals surface area contributed by atoms with E-state index in [9.17, 15) is 19.1 Å². The Kier molecular flexibility index (Phi) is 5.43. The first-order chi connectivity index (χ1) is 14.9. The lowest BCUT2D eigenvalue weighted by Gasteiger charge is -2.30. The third kappa shape index (κ3) is 3.99. The van der Waals surface area contributed by atoms with Crippen molar-refractivity contribution < 1.29 is 19.1 Å². The zero-order chi connectivity index (χ0) is 22.1. The number of rotatable bonds is 5. The van der Waals surface area contributed by atoms with E-state index in [2.05, 4.69) is 15.7 Å². The summed E-state index contributed by atoms with van der Waals surface area (Å²) < 4.78 is 15.0. The van der Waals surface area contributed by atoms with Gasteiger partial charge in [0, 0.05) is 24.3 Å². The molecule has 9 heteroatoms. The summed E-state index contributed by atoms with van der Waals surface area (Å²) in [7, 11) is 1.55. The third-order valence-electron chi connectivity index (χ3n) is 5.25. The van der Waals surface area contributed by atoms with Gasteiger partial charge in [-0.05, 0) is 42.3 Å². The van der Waals surface area contributed by atoms with Gasteiger partial charge in [0.25, 0.3) is 5.91 Å². The molecule has 31 heavy (non-hydrogen) atoms. The Morgan fingerprint density at radius 1 is 1.29 bits per heavy atom. The van der Waals surface area contributed by atoms with E-state index >= 15 is 0 Å². The van der Waals surface area contributed by atoms with Crippen LogP contribution < -0.4 is 10.6 Å². The molecule has 0 bridgehead atoms. The number of hydrogen-bond donors (Lipinski definition) is 3. The van der Waals surface area contributed by atoms with Gasteiger partial charge in [0.15, 0.2) is 0 Å². The van der Waals surface area contributed by atoms with E-state index < -0.39 is 17.8 Å². The molecule has 1 atom stereocenters. The number of aryl methyl sites for hydroxylation is 1. The molecule has 4 rings (SSSR count). The highest BCUT2D eigenvalue weighted by atomic mass is 19.1. The van der Waals surface area contributed by atoms with Gasteiger partial charge in [-0.1, -0.05) is 12.1 Å². The number of hydrogen-bond acceptors (Lipinski definition) is 4. The van der Waals surface area contributed by atoms with E-state index in [1.165, 1.54) is 35.4 Å². The van der Waals surface area contributed by atoms with E-state index in [0.717, 1.165) is 16.5 Å². The van der Waals surface area contributed by atoms with Crippen molar-refractivity contribution in [2.75, 3.05) is 19.0 Å². The molecule has 0 fully saturated rings. The number of aromatic nitrogens is 2. The van der Waals surface area contributed by atoms with Crippen molar-refractivity contribution in [1.29, 1.82) is 0 Å². The van der Waals surface area contributed by atoms with Crippen LogP contribution in [0.3, 0.4) is 0 Å². The lowest BCUT2D eigenvalue weighted by atomic mass is 9.97. The Morgan fingerprint density at radius 2 is 2.03 bits per heavy atom. The van der Waals surface area contributed by atoms with Gasteiger partial charge in [0.1, 0.15) is 5.82 Å². The standard InChI is InChI=1S/C22H22FN5O3/c1-13-9-15-11-24-28(7-8-29)19(15)10-18(13)25-21(30)17-12-27(2)22(31)26-20(17)14-3-5-16(23)6-4-14/h3-6,9-12,20,29H,7-8H2,1-2H3,(H,25,30)(H,26,31)/t20-/m0/s1. The average Bonchev–Trinajstić information content (AvgIpc) is 3.12. The number of nitrogens with one attached hydrogen (secondary N) is 2. The third-order valence-corrected chi connectivity index (χ3v) is 5.25. The van der Waals surface area contributed by atoms with Crippen molar-refractivity contribution in [3.8, 4) is 0 Å². The maximum absolute atomic E-state index is 13.4. The first-order valence-electron chi connectivity index (χ1n) is 9.76. The number of nitrogens with zero attached hydrogens (tertiary/aromatic N) is 3. The van der Waals surface area contributed by atoms with E-state index in [0.29, 0.717) is 23.4 Å². The molecule has 3 N–H and O–H groups in total. The summed E-state index contributed by atoms with van der Waals surface area (Å²) >= 11 is 0. The van der Waals surface area contributed by atoms with Crippen molar-refractivity contribution in [3.05, 3.63) is 71.3 Å². The van der Waals surface area contributed by atoms with Crippen molar-refractivity contribution >= 4 is 28.5 Å². The fourth-order valence-electron chi connectivity index (χ4n) is 3.59. The van der Waals surface area contributed by atoms with Crippen LogP contribution in [0.2, 0.25) is 0 Å². The summed E-state index contributed by atoms with van der Waals surface area (Å²) in [6.45, 7) is 2.16. The maximum atomic E-state index is 13.4. The lowest BCUT2D eigenvalue weighted by molar-refractivity contribution is -0.113. The number of benzene rings is 2. The highest BCUT2D eigenvalue weighted by Crippen LogP contribution is 2.29. The molecular formula is C22H22FN5O3. The Bertz CT molecular complexity index is 1190. The van der Waals surface area contributed by atoms with E-state index in [4.69, 9.17) is 0 Å². The molecule has 0 radical (unpaired) electrons. The zero-order valence-electron chi connectivity index (χ0n) is 17.1. The van der Waals surface area contributed by atoms with Crippen LogP contribution in [0.25, 0.3) is 10.9 Å². The van der Waals surface area contributed by atoms with Gasteiger partial charge in [0.05, 0.1) is 36.5 Å². The predicted molar refractivity (Wildman–Crippen MR) is 114 cm³/mol. The zero-order valence-corrected chi connectivity index (χ0v) is 17.1. The van der Waals surface area contributed by atoms with Crippen LogP contribution in [-0.2, 0) is 11.3 Å². The Labute approximate surface area is 178 Å². The number of urea groups is 1. The molecule has 0 saturated carbocycles. The van der Waals surface area contributed by atoms with Crippen LogP contribution in [0.15, 0.2) is 54.4 Å². The first-order valence-corrected chi connectivity index (χ1v) is 9.76. The average molecular weight is 423 g/mol. The summed E-state index contributed by atoms with van der Waals surface area (Å²) in [5, 5.41) is 20.1. The molecule has 0 spiro atoms. The first kappa shape index (κ1) is 20.5. The summed E-state index contributed by atoms with van der Waals surface area (Å²) in [5.41, 5.74) is 3.13. The summed E-state index contributed by atoms with van der Waals surface area (Å²) in [6, 6.07) is 8.29. The molecule has 2 heterocycles. The van der Waals surface area contributed by atoms with Gasteiger partial charge in [0.2, 0.25) is 0 Å². The molecule has 0 saturated heterocycles. The second-order valence-corrected chi connectivity index (χ2v) is 7.40. The minimum absolute atomic E-state index is 0.0510. The second kappa shape index (κ2) is 8.19. The molecule has 1 aliphatic heterocycles. The molecule has 3 amide bonds. The second-order valence-electron chi connectivity index (χ2n) is 7.40. The Hall–Kier alpha value is -3.72. The predicted octanol–water partition coefficient (Wildman–Crippen LogP) is 2.69. The van der Waals surface area contributed by atoms with Crippen molar-refractivity contribution in [1.82, 2.24) is 20.0 Å². The minimum Gasteiger partial charge on any atom is -0.394 e. The fraction of sp³-hybridized carbons (Fsp3) is 0.227. The highest BCUT2D eigenvalue weighted by molar-refractivity contribution is 6.07. The molecule has 8 nitrogen and oxygen atoms in total. The van der Waals surface area contributed by atoms with Crippen LogP contribution in [-0.4, -0.2) is 45.4 Å². The van der Waals surface area contributed by atoms with E-state index in [1.54, 1.807) is 17.9 Å². The maximum Gasteiger partial charge on any atom is 0.321 e. The monoisotopic (exact) mass is 423 g/mol. The molecule has 0 unspecified atom stereocenters. The van der Waals surface area contributed by atoms with Crippen LogP contribution in [0.4, 0.5) is 14.9 Å². The Balaban J connectivity index is 1.67. The van der Waals surface area contributed by atoms with Crippen molar-refractivity contribution in [3.63, 3.8) is 0 Å². The minimum atomic E-state index is -0.715. The van der Waals surface area contributed by atoms with Crippen LogP contribution in [0, 0.1) is 12.7 Å². The number of aliphatic hydroxyl groups is 1. The number of aliphatic hydroxyl groups excluding tert-OH is 1. The number of fused-ring (bicyclic) bond motifs is 1. The fourth-order valence-corrected chi connectivity index (χ4v) is 3.59. The molecular weight excluding hydrogens is 401 g/mol. The van der Waals surface area contributed by atoms with Gasteiger partial charge in [-0.2, -0.15) is 5.10 Å². The SMILES string of the molecule is Cc1cc2cnn(CCO)c2cc1NC(=O)C1=CN(C)C(=O)N[C@H]1c1ccc(F)cc1. The molecule has 1 aliphatic rings. The van der Waals surface area contributed by atoms with Gasteiger partial charge in [-0.25, -0.2) is 9.18 Å². The topological polar surface area (TPSA) is 99.5 Å². The van der Waals surface area contributed by atoms with Crippen molar-refractivity contribution in [2.24, 2.45) is 0 Å². The van der Waals surface area contributed by atoms with Gasteiger partial charge in [-0.3, -0.25) is 9.48 Å². The summed E-state index contributed by atoms with van der Waals surface area (Å²) in [4.78, 5) is 26.7. The number of carbonyl (C=O) groups excluding carboxylic acids is 2. The van der Waals surface area contributed by atoms with Crippen LogP contribution in [0.5, 0.6) is 0 Å². The Morgan fingerprint density at radius 3 is 2.74 bits per heavy atom. The number of halogens is 1. The summed E-state index contributed by atoms with van der Waals surface area (Å²) in [5.74, 6) is -0.793. The molecule has 2 aromatic carbocycles. The highest BCUT2D eigenvalue weighted by Gasteiger charge is 2.30. The van der Waals surface area contributed by atoms with Gasteiger partial charge in [-0.15, -0.1) is 0 Å². The molecule has 160 valence electrons. The number of amides is 3. The molecule has 3 aromatic rings. The van der Waals surface area contributed by atoms with Gasteiger partial charge >= 0.3 is 6.03 Å². The molecule has 0 aliphatic carbocycles.